The Hall–Kier alpha value is -0.540. The van der Waals surface area contributed by atoms with Crippen molar-refractivity contribution >= 4 is 38.6 Å². The number of sulfonamides is 1. The van der Waals surface area contributed by atoms with Crippen molar-refractivity contribution in [2.75, 3.05) is 6.61 Å². The molecule has 1 aromatic heterocycles. The van der Waals surface area contributed by atoms with E-state index in [1.165, 1.54) is 0 Å². The predicted molar refractivity (Wildman–Crippen MR) is 81.4 cm³/mol. The summed E-state index contributed by atoms with van der Waals surface area (Å²) in [4.78, 5) is 0.832. The lowest BCUT2D eigenvalue weighted by Crippen LogP contribution is -2.41. The third kappa shape index (κ3) is 2.89. The fourth-order valence-electron chi connectivity index (χ4n) is 2.48. The number of rotatable bonds is 5. The van der Waals surface area contributed by atoms with Gasteiger partial charge >= 0.3 is 0 Å². The van der Waals surface area contributed by atoms with Gasteiger partial charge in [-0.15, -0.1) is 11.3 Å². The summed E-state index contributed by atoms with van der Waals surface area (Å²) in [6.45, 7) is 0.622. The summed E-state index contributed by atoms with van der Waals surface area (Å²) < 4.78 is 33.4. The lowest BCUT2D eigenvalue weighted by molar-refractivity contribution is 0.0848. The van der Waals surface area contributed by atoms with Gasteiger partial charge in [0.2, 0.25) is 10.0 Å². The van der Waals surface area contributed by atoms with Crippen LogP contribution in [0.1, 0.15) is 24.1 Å². The normalized spacial score (nSPS) is 26.8. The number of thiophene rings is 1. The molecule has 0 bridgehead atoms. The predicted octanol–water partition coefficient (Wildman–Crippen LogP) is 1.23. The number of hydrogen-bond acceptors (Lipinski definition) is 5. The minimum Gasteiger partial charge on any atom is -0.389 e. The molecule has 2 fully saturated rings. The van der Waals surface area contributed by atoms with Crippen molar-refractivity contribution in [2.45, 2.75) is 35.6 Å². The molecule has 1 aromatic rings. The van der Waals surface area contributed by atoms with Gasteiger partial charge in [0, 0.05) is 6.61 Å². The maximum atomic E-state index is 12.4. The third-order valence-electron chi connectivity index (χ3n) is 3.62. The fraction of sp³-hybridized carbons (Fsp3) is 0.583. The van der Waals surface area contributed by atoms with Crippen LogP contribution in [-0.4, -0.2) is 32.2 Å². The third-order valence-corrected chi connectivity index (χ3v) is 7.07. The van der Waals surface area contributed by atoms with Crippen LogP contribution in [-0.2, 0) is 14.8 Å². The van der Waals surface area contributed by atoms with E-state index in [1.807, 2.05) is 0 Å². The van der Waals surface area contributed by atoms with Gasteiger partial charge in [-0.2, -0.15) is 0 Å². The summed E-state index contributed by atoms with van der Waals surface area (Å²) in [6.07, 6.45) is 3.02. The molecule has 3 rings (SSSR count). The van der Waals surface area contributed by atoms with Gasteiger partial charge in [-0.1, -0.05) is 12.2 Å². The van der Waals surface area contributed by atoms with E-state index in [2.05, 4.69) is 4.72 Å². The van der Waals surface area contributed by atoms with E-state index in [9.17, 15) is 8.42 Å². The van der Waals surface area contributed by atoms with Crippen LogP contribution in [0, 0.1) is 5.92 Å². The first-order valence-electron chi connectivity index (χ1n) is 6.51. The SMILES string of the molecule is NC(=S)c1ccc(S(=O)(=O)NC2CCOC2C2CC2)s1. The van der Waals surface area contributed by atoms with Gasteiger partial charge < -0.3 is 10.5 Å². The molecule has 0 spiro atoms. The Labute approximate surface area is 127 Å². The Balaban J connectivity index is 1.75. The van der Waals surface area contributed by atoms with Crippen molar-refractivity contribution < 1.29 is 13.2 Å². The molecule has 2 aliphatic rings. The van der Waals surface area contributed by atoms with Gasteiger partial charge in [-0.3, -0.25) is 0 Å². The summed E-state index contributed by atoms with van der Waals surface area (Å²) in [7, 11) is -3.52. The molecule has 20 heavy (non-hydrogen) atoms. The topological polar surface area (TPSA) is 81.4 Å². The second-order valence-electron chi connectivity index (χ2n) is 5.17. The first kappa shape index (κ1) is 14.4. The van der Waals surface area contributed by atoms with Crippen molar-refractivity contribution in [3.05, 3.63) is 17.0 Å². The van der Waals surface area contributed by atoms with Gasteiger partial charge in [0.1, 0.15) is 9.20 Å². The average molecular weight is 332 g/mol. The Morgan fingerprint density at radius 1 is 1.40 bits per heavy atom. The Morgan fingerprint density at radius 3 is 2.75 bits per heavy atom. The smallest absolute Gasteiger partial charge is 0.250 e. The first-order chi connectivity index (χ1) is 9.47. The highest BCUT2D eigenvalue weighted by Gasteiger charge is 2.42. The lowest BCUT2D eigenvalue weighted by atomic mass is 10.1. The zero-order valence-corrected chi connectivity index (χ0v) is 13.2. The molecule has 3 N–H and O–H groups in total. The van der Waals surface area contributed by atoms with Crippen molar-refractivity contribution in [3.63, 3.8) is 0 Å². The molecule has 1 aliphatic carbocycles. The van der Waals surface area contributed by atoms with E-state index in [4.69, 9.17) is 22.7 Å². The van der Waals surface area contributed by atoms with Crippen LogP contribution in [0.4, 0.5) is 0 Å². The fourth-order valence-corrected chi connectivity index (χ4v) is 5.13. The second kappa shape index (κ2) is 5.34. The molecular formula is C12H16N2O3S3. The van der Waals surface area contributed by atoms with Crippen LogP contribution >= 0.6 is 23.6 Å². The van der Waals surface area contributed by atoms with E-state index < -0.39 is 10.0 Å². The molecule has 1 saturated carbocycles. The van der Waals surface area contributed by atoms with Crippen LogP contribution < -0.4 is 10.5 Å². The molecule has 2 heterocycles. The quantitative estimate of drug-likeness (QED) is 0.793. The maximum absolute atomic E-state index is 12.4. The minimum atomic E-state index is -3.52. The number of hydrogen-bond donors (Lipinski definition) is 2. The summed E-state index contributed by atoms with van der Waals surface area (Å²) in [5, 5.41) is 0. The van der Waals surface area contributed by atoms with Crippen LogP contribution in [0.3, 0.4) is 0 Å². The Morgan fingerprint density at radius 2 is 2.15 bits per heavy atom. The number of nitrogens with two attached hydrogens (primary N) is 1. The van der Waals surface area contributed by atoms with Crippen LogP contribution in [0.25, 0.3) is 0 Å². The highest BCUT2D eigenvalue weighted by molar-refractivity contribution is 7.91. The van der Waals surface area contributed by atoms with E-state index in [1.54, 1.807) is 12.1 Å². The molecule has 0 amide bonds. The lowest BCUT2D eigenvalue weighted by Gasteiger charge is -2.18. The summed E-state index contributed by atoms with van der Waals surface area (Å²) >= 11 is 5.95. The van der Waals surface area contributed by atoms with Crippen molar-refractivity contribution in [1.82, 2.24) is 4.72 Å². The number of ether oxygens (including phenoxy) is 1. The highest BCUT2D eigenvalue weighted by Crippen LogP contribution is 2.39. The number of thiocarbonyl (C=S) groups is 1. The maximum Gasteiger partial charge on any atom is 0.250 e. The Bertz CT molecular complexity index is 622. The van der Waals surface area contributed by atoms with Crippen molar-refractivity contribution in [3.8, 4) is 0 Å². The second-order valence-corrected chi connectivity index (χ2v) is 8.64. The zero-order valence-electron chi connectivity index (χ0n) is 10.7. The van der Waals surface area contributed by atoms with Crippen LogP contribution in [0.15, 0.2) is 16.3 Å². The molecule has 1 saturated heterocycles. The van der Waals surface area contributed by atoms with E-state index in [0.717, 1.165) is 30.6 Å². The highest BCUT2D eigenvalue weighted by atomic mass is 32.2. The van der Waals surface area contributed by atoms with Gasteiger partial charge in [-0.25, -0.2) is 13.1 Å². The minimum absolute atomic E-state index is 0.0276. The molecule has 2 unspecified atom stereocenters. The largest absolute Gasteiger partial charge is 0.389 e. The molecule has 0 radical (unpaired) electrons. The van der Waals surface area contributed by atoms with Gasteiger partial charge in [-0.05, 0) is 37.3 Å². The van der Waals surface area contributed by atoms with Crippen molar-refractivity contribution in [1.29, 1.82) is 0 Å². The van der Waals surface area contributed by atoms with Gasteiger partial charge in [0.25, 0.3) is 0 Å². The van der Waals surface area contributed by atoms with Crippen molar-refractivity contribution in [2.24, 2.45) is 11.7 Å². The molecular weight excluding hydrogens is 316 g/mol. The van der Waals surface area contributed by atoms with Gasteiger partial charge in [0.15, 0.2) is 0 Å². The molecule has 5 nitrogen and oxygen atoms in total. The monoisotopic (exact) mass is 332 g/mol. The number of nitrogens with one attached hydrogen (secondary N) is 1. The summed E-state index contributed by atoms with van der Waals surface area (Å²) in [5.41, 5.74) is 5.51. The van der Waals surface area contributed by atoms with Gasteiger partial charge in [0.05, 0.1) is 17.0 Å². The van der Waals surface area contributed by atoms with E-state index in [-0.39, 0.29) is 21.3 Å². The van der Waals surface area contributed by atoms with E-state index in [0.29, 0.717) is 17.4 Å². The van der Waals surface area contributed by atoms with Crippen LogP contribution in [0.2, 0.25) is 0 Å². The standard InChI is InChI=1S/C12H16N2O3S3/c13-12(18)9-3-4-10(19-9)20(15,16)14-8-5-6-17-11(8)7-1-2-7/h3-4,7-8,11,14H,1-2,5-6H2,(H2,13,18). The molecule has 110 valence electrons. The van der Waals surface area contributed by atoms with E-state index >= 15 is 0 Å². The summed E-state index contributed by atoms with van der Waals surface area (Å²) in [5.74, 6) is 0.515. The summed E-state index contributed by atoms with van der Waals surface area (Å²) in [6, 6.07) is 3.07. The van der Waals surface area contributed by atoms with Crippen LogP contribution in [0.5, 0.6) is 0 Å². The molecule has 0 aromatic carbocycles. The molecule has 8 heteroatoms. The molecule has 1 aliphatic heterocycles. The zero-order chi connectivity index (χ0) is 14.3. The molecule has 2 atom stereocenters. The Kier molecular flexibility index (Phi) is 3.85. The average Bonchev–Trinajstić information content (AvgIpc) is 2.92. The first-order valence-corrected chi connectivity index (χ1v) is 9.22.